The number of hydrogen-bond donors (Lipinski definition) is 1. The van der Waals surface area contributed by atoms with Crippen molar-refractivity contribution in [3.05, 3.63) is 41.6 Å². The number of amides is 1. The van der Waals surface area contributed by atoms with Gasteiger partial charge in [0.2, 0.25) is 5.88 Å². The summed E-state index contributed by atoms with van der Waals surface area (Å²) in [6.45, 7) is 1.46. The van der Waals surface area contributed by atoms with E-state index in [2.05, 4.69) is 5.16 Å². The second kappa shape index (κ2) is 6.32. The van der Waals surface area contributed by atoms with Crippen molar-refractivity contribution in [2.75, 3.05) is 37.8 Å². The standard InChI is InChI=1S/C17H22N4O2/c1-20(2)14-5-3-13(4-6-14)17(22)21-9-7-12(8-10-21)15-11-16(18)23-19-15/h3-6,11-12H,7-10,18H2,1-2H3. The van der Waals surface area contributed by atoms with Crippen LogP contribution in [0.15, 0.2) is 34.9 Å². The third-order valence-electron chi connectivity index (χ3n) is 4.38. The maximum atomic E-state index is 12.6. The van der Waals surface area contributed by atoms with Gasteiger partial charge in [-0.1, -0.05) is 5.16 Å². The average Bonchev–Trinajstić information content (AvgIpc) is 3.01. The van der Waals surface area contributed by atoms with E-state index in [0.29, 0.717) is 11.8 Å². The first kappa shape index (κ1) is 15.4. The van der Waals surface area contributed by atoms with Crippen LogP contribution in [-0.2, 0) is 0 Å². The Bertz CT molecular complexity index is 670. The Labute approximate surface area is 135 Å². The molecule has 0 radical (unpaired) electrons. The van der Waals surface area contributed by atoms with Crippen LogP contribution in [0.3, 0.4) is 0 Å². The summed E-state index contributed by atoms with van der Waals surface area (Å²) in [5.74, 6) is 0.754. The molecule has 23 heavy (non-hydrogen) atoms. The zero-order chi connectivity index (χ0) is 16.4. The first-order valence-electron chi connectivity index (χ1n) is 7.83. The second-order valence-corrected chi connectivity index (χ2v) is 6.16. The van der Waals surface area contributed by atoms with Crippen LogP contribution in [0.2, 0.25) is 0 Å². The Kier molecular flexibility index (Phi) is 4.23. The molecule has 6 nitrogen and oxygen atoms in total. The molecule has 2 N–H and O–H groups in total. The number of nitrogen functional groups attached to an aromatic ring is 1. The molecule has 0 aliphatic carbocycles. The SMILES string of the molecule is CN(C)c1ccc(C(=O)N2CCC(c3cc(N)on3)CC2)cc1. The Morgan fingerprint density at radius 2 is 1.91 bits per heavy atom. The van der Waals surface area contributed by atoms with Gasteiger partial charge in [0, 0.05) is 50.4 Å². The van der Waals surface area contributed by atoms with Gasteiger partial charge in [0.05, 0.1) is 5.69 Å². The summed E-state index contributed by atoms with van der Waals surface area (Å²) in [4.78, 5) is 16.5. The van der Waals surface area contributed by atoms with Crippen LogP contribution in [0.1, 0.15) is 34.8 Å². The van der Waals surface area contributed by atoms with Crippen LogP contribution < -0.4 is 10.6 Å². The van der Waals surface area contributed by atoms with Gasteiger partial charge in [0.15, 0.2) is 0 Å². The number of nitrogens with two attached hydrogens (primary N) is 1. The van der Waals surface area contributed by atoms with Crippen LogP contribution in [0.5, 0.6) is 0 Å². The van der Waals surface area contributed by atoms with Crippen molar-refractivity contribution in [2.24, 2.45) is 0 Å². The van der Waals surface area contributed by atoms with Gasteiger partial charge in [-0.15, -0.1) is 0 Å². The molecule has 1 aliphatic rings. The quantitative estimate of drug-likeness (QED) is 0.941. The number of carbonyl (C=O) groups excluding carboxylic acids is 1. The third kappa shape index (κ3) is 3.31. The molecule has 0 atom stereocenters. The van der Waals surface area contributed by atoms with Gasteiger partial charge in [-0.05, 0) is 37.1 Å². The first-order chi connectivity index (χ1) is 11.0. The molecule has 0 spiro atoms. The van der Waals surface area contributed by atoms with Crippen molar-refractivity contribution in [2.45, 2.75) is 18.8 Å². The van der Waals surface area contributed by atoms with E-state index in [1.165, 1.54) is 0 Å². The van der Waals surface area contributed by atoms with Gasteiger partial charge in [-0.3, -0.25) is 4.79 Å². The van der Waals surface area contributed by atoms with Crippen LogP contribution in [0.25, 0.3) is 0 Å². The number of hydrogen-bond acceptors (Lipinski definition) is 5. The van der Waals surface area contributed by atoms with E-state index in [1.54, 1.807) is 6.07 Å². The number of piperidine rings is 1. The number of rotatable bonds is 3. The zero-order valence-corrected chi connectivity index (χ0v) is 13.5. The monoisotopic (exact) mass is 314 g/mol. The molecule has 0 unspecified atom stereocenters. The number of carbonyl (C=O) groups is 1. The van der Waals surface area contributed by atoms with Crippen molar-refractivity contribution in [3.63, 3.8) is 0 Å². The smallest absolute Gasteiger partial charge is 0.253 e. The Balaban J connectivity index is 1.61. The molecule has 0 bridgehead atoms. The molecular weight excluding hydrogens is 292 g/mol. The predicted molar refractivity (Wildman–Crippen MR) is 89.6 cm³/mol. The van der Waals surface area contributed by atoms with Crippen LogP contribution in [0.4, 0.5) is 11.6 Å². The summed E-state index contributed by atoms with van der Waals surface area (Å²) in [6.07, 6.45) is 1.76. The highest BCUT2D eigenvalue weighted by Gasteiger charge is 2.26. The first-order valence-corrected chi connectivity index (χ1v) is 7.83. The molecule has 1 aromatic heterocycles. The summed E-state index contributed by atoms with van der Waals surface area (Å²) in [7, 11) is 3.97. The van der Waals surface area contributed by atoms with Gasteiger partial charge in [0.1, 0.15) is 0 Å². The molecule has 2 heterocycles. The lowest BCUT2D eigenvalue weighted by Gasteiger charge is -2.31. The van der Waals surface area contributed by atoms with Gasteiger partial charge < -0.3 is 20.1 Å². The van der Waals surface area contributed by atoms with Gasteiger partial charge in [0.25, 0.3) is 5.91 Å². The molecule has 1 fully saturated rings. The van der Waals surface area contributed by atoms with E-state index in [9.17, 15) is 4.79 Å². The minimum Gasteiger partial charge on any atom is -0.378 e. The molecular formula is C17H22N4O2. The molecule has 0 saturated carbocycles. The largest absolute Gasteiger partial charge is 0.378 e. The number of likely N-dealkylation sites (tertiary alicyclic amines) is 1. The van der Waals surface area contributed by atoms with E-state index >= 15 is 0 Å². The minimum absolute atomic E-state index is 0.0911. The third-order valence-corrected chi connectivity index (χ3v) is 4.38. The van der Waals surface area contributed by atoms with Gasteiger partial charge >= 0.3 is 0 Å². The molecule has 3 rings (SSSR count). The molecule has 1 aromatic carbocycles. The molecule has 122 valence electrons. The highest BCUT2D eigenvalue weighted by molar-refractivity contribution is 5.94. The minimum atomic E-state index is 0.0911. The normalized spacial score (nSPS) is 15.7. The van der Waals surface area contributed by atoms with E-state index in [0.717, 1.165) is 42.9 Å². The van der Waals surface area contributed by atoms with E-state index in [4.69, 9.17) is 10.3 Å². The van der Waals surface area contributed by atoms with Crippen LogP contribution in [-0.4, -0.2) is 43.1 Å². The second-order valence-electron chi connectivity index (χ2n) is 6.16. The van der Waals surface area contributed by atoms with Crippen molar-refractivity contribution >= 4 is 17.5 Å². The summed E-state index contributed by atoms with van der Waals surface area (Å²) in [5.41, 5.74) is 8.29. The number of nitrogens with zero attached hydrogens (tertiary/aromatic N) is 3. The Morgan fingerprint density at radius 3 is 2.43 bits per heavy atom. The summed E-state index contributed by atoms with van der Waals surface area (Å²) >= 11 is 0. The topological polar surface area (TPSA) is 75.6 Å². The fraction of sp³-hybridized carbons (Fsp3) is 0.412. The van der Waals surface area contributed by atoms with Crippen molar-refractivity contribution in [1.82, 2.24) is 10.1 Å². The number of aromatic nitrogens is 1. The molecule has 6 heteroatoms. The fourth-order valence-electron chi connectivity index (χ4n) is 2.96. The lowest BCUT2D eigenvalue weighted by atomic mass is 9.93. The van der Waals surface area contributed by atoms with Gasteiger partial charge in [-0.2, -0.15) is 0 Å². The van der Waals surface area contributed by atoms with E-state index in [-0.39, 0.29) is 5.91 Å². The number of anilines is 2. The van der Waals surface area contributed by atoms with E-state index < -0.39 is 0 Å². The summed E-state index contributed by atoms with van der Waals surface area (Å²) < 4.78 is 4.94. The Morgan fingerprint density at radius 1 is 1.26 bits per heavy atom. The molecule has 1 aliphatic heterocycles. The lowest BCUT2D eigenvalue weighted by Crippen LogP contribution is -2.38. The van der Waals surface area contributed by atoms with Crippen molar-refractivity contribution < 1.29 is 9.32 Å². The Hall–Kier alpha value is -2.50. The molecule has 2 aromatic rings. The van der Waals surface area contributed by atoms with Crippen molar-refractivity contribution in [1.29, 1.82) is 0 Å². The lowest BCUT2D eigenvalue weighted by molar-refractivity contribution is 0.0711. The van der Waals surface area contributed by atoms with Crippen LogP contribution in [0, 0.1) is 0 Å². The highest BCUT2D eigenvalue weighted by Crippen LogP contribution is 2.29. The summed E-state index contributed by atoms with van der Waals surface area (Å²) in [6, 6.07) is 9.50. The fourth-order valence-corrected chi connectivity index (χ4v) is 2.96. The van der Waals surface area contributed by atoms with Gasteiger partial charge in [-0.25, -0.2) is 0 Å². The maximum Gasteiger partial charge on any atom is 0.253 e. The van der Waals surface area contributed by atoms with Crippen molar-refractivity contribution in [3.8, 4) is 0 Å². The summed E-state index contributed by atoms with van der Waals surface area (Å²) in [5, 5.41) is 3.99. The zero-order valence-electron chi connectivity index (χ0n) is 13.5. The van der Waals surface area contributed by atoms with Crippen LogP contribution >= 0.6 is 0 Å². The average molecular weight is 314 g/mol. The number of benzene rings is 1. The molecule has 1 amide bonds. The highest BCUT2D eigenvalue weighted by atomic mass is 16.5. The van der Waals surface area contributed by atoms with E-state index in [1.807, 2.05) is 48.2 Å². The molecule has 1 saturated heterocycles. The predicted octanol–water partition coefficient (Wildman–Crippen LogP) is 2.34. The maximum absolute atomic E-state index is 12.6.